The number of carbonyl (C=O) groups is 1. The summed E-state index contributed by atoms with van der Waals surface area (Å²) in [5.74, 6) is -0.277. The Morgan fingerprint density at radius 1 is 1.25 bits per heavy atom. The smallest absolute Gasteiger partial charge is 0.262 e. The number of nitrogens with one attached hydrogen (secondary N) is 1. The Labute approximate surface area is 187 Å². The van der Waals surface area contributed by atoms with Crippen LogP contribution in [0.3, 0.4) is 0 Å². The summed E-state index contributed by atoms with van der Waals surface area (Å²) in [7, 11) is 0. The SMILES string of the molecule is Cc1oc2ccn(Cc3ccccc3F)c(=O)c2c1C(=O)NCCCN1CCCC[C@H]1C. The summed E-state index contributed by atoms with van der Waals surface area (Å²) in [5, 5.41) is 3.18. The normalized spacial score (nSPS) is 17.0. The number of rotatable bonds is 7. The Balaban J connectivity index is 1.49. The van der Waals surface area contributed by atoms with Gasteiger partial charge in [-0.2, -0.15) is 0 Å². The number of furan rings is 1. The molecule has 1 saturated heterocycles. The minimum atomic E-state index is -0.371. The summed E-state index contributed by atoms with van der Waals surface area (Å²) in [5.41, 5.74) is 0.672. The zero-order valence-corrected chi connectivity index (χ0v) is 18.7. The topological polar surface area (TPSA) is 67.5 Å². The average molecular weight is 440 g/mol. The summed E-state index contributed by atoms with van der Waals surface area (Å²) in [6.07, 6.45) is 6.17. The number of likely N-dealkylation sites (tertiary alicyclic amines) is 1. The van der Waals surface area contributed by atoms with Gasteiger partial charge in [0.05, 0.1) is 17.5 Å². The number of piperidine rings is 1. The zero-order valence-electron chi connectivity index (χ0n) is 18.7. The van der Waals surface area contributed by atoms with Gasteiger partial charge >= 0.3 is 0 Å². The molecule has 0 saturated carbocycles. The van der Waals surface area contributed by atoms with Gasteiger partial charge in [-0.05, 0) is 51.8 Å². The predicted molar refractivity (Wildman–Crippen MR) is 123 cm³/mol. The molecule has 1 fully saturated rings. The molecule has 3 heterocycles. The average Bonchev–Trinajstić information content (AvgIpc) is 3.12. The van der Waals surface area contributed by atoms with E-state index in [1.165, 1.54) is 29.9 Å². The number of fused-ring (bicyclic) bond motifs is 1. The highest BCUT2D eigenvalue weighted by molar-refractivity contribution is 6.06. The van der Waals surface area contributed by atoms with Crippen molar-refractivity contribution in [2.75, 3.05) is 19.6 Å². The minimum Gasteiger partial charge on any atom is -0.460 e. The van der Waals surface area contributed by atoms with E-state index in [9.17, 15) is 14.0 Å². The van der Waals surface area contributed by atoms with Crippen LogP contribution in [0.25, 0.3) is 11.0 Å². The summed E-state index contributed by atoms with van der Waals surface area (Å²) in [6, 6.07) is 8.59. The Hall–Kier alpha value is -2.93. The molecule has 1 aliphatic rings. The fourth-order valence-corrected chi connectivity index (χ4v) is 4.54. The first-order valence-electron chi connectivity index (χ1n) is 11.3. The highest BCUT2D eigenvalue weighted by Crippen LogP contribution is 2.23. The third kappa shape index (κ3) is 4.63. The Bertz CT molecular complexity index is 1170. The Morgan fingerprint density at radius 3 is 2.84 bits per heavy atom. The molecule has 1 atom stereocenters. The molecule has 1 amide bonds. The third-order valence-corrected chi connectivity index (χ3v) is 6.37. The van der Waals surface area contributed by atoms with Gasteiger partial charge in [-0.25, -0.2) is 4.39 Å². The van der Waals surface area contributed by atoms with Crippen molar-refractivity contribution in [3.05, 3.63) is 69.6 Å². The van der Waals surface area contributed by atoms with Crippen molar-refractivity contribution in [1.82, 2.24) is 14.8 Å². The molecule has 6 nitrogen and oxygen atoms in total. The second-order valence-electron chi connectivity index (χ2n) is 8.60. The third-order valence-electron chi connectivity index (χ3n) is 6.37. The lowest BCUT2D eigenvalue weighted by atomic mass is 10.0. The molecule has 4 rings (SSSR count). The number of nitrogens with zero attached hydrogens (tertiary/aromatic N) is 2. The number of benzene rings is 1. The van der Waals surface area contributed by atoms with Crippen molar-refractivity contribution in [2.45, 2.75) is 52.1 Å². The van der Waals surface area contributed by atoms with E-state index in [4.69, 9.17) is 4.42 Å². The lowest BCUT2D eigenvalue weighted by Gasteiger charge is -2.33. The van der Waals surface area contributed by atoms with E-state index in [0.717, 1.165) is 19.5 Å². The van der Waals surface area contributed by atoms with E-state index in [2.05, 4.69) is 17.1 Å². The Morgan fingerprint density at radius 2 is 2.06 bits per heavy atom. The lowest BCUT2D eigenvalue weighted by molar-refractivity contribution is 0.0948. The van der Waals surface area contributed by atoms with Crippen LogP contribution >= 0.6 is 0 Å². The predicted octanol–water partition coefficient (Wildman–Crippen LogP) is 4.08. The molecule has 32 heavy (non-hydrogen) atoms. The van der Waals surface area contributed by atoms with Crippen LogP contribution in [-0.4, -0.2) is 41.1 Å². The van der Waals surface area contributed by atoms with Gasteiger partial charge in [-0.15, -0.1) is 0 Å². The van der Waals surface area contributed by atoms with E-state index >= 15 is 0 Å². The number of hydrogen-bond acceptors (Lipinski definition) is 4. The molecule has 0 unspecified atom stereocenters. The fraction of sp³-hybridized carbons (Fsp3) is 0.440. The second kappa shape index (κ2) is 9.69. The number of halogens is 1. The summed E-state index contributed by atoms with van der Waals surface area (Å²) < 4.78 is 21.2. The number of aromatic nitrogens is 1. The van der Waals surface area contributed by atoms with Crippen molar-refractivity contribution in [3.8, 4) is 0 Å². The Kier molecular flexibility index (Phi) is 6.74. The minimum absolute atomic E-state index is 0.0841. The molecular formula is C25H30FN3O3. The first-order valence-corrected chi connectivity index (χ1v) is 11.3. The van der Waals surface area contributed by atoms with Gasteiger partial charge in [0.25, 0.3) is 11.5 Å². The first-order chi connectivity index (χ1) is 15.5. The molecule has 0 aliphatic carbocycles. The van der Waals surface area contributed by atoms with Gasteiger partial charge in [-0.3, -0.25) is 9.59 Å². The summed E-state index contributed by atoms with van der Waals surface area (Å²) >= 11 is 0. The largest absolute Gasteiger partial charge is 0.460 e. The standard InChI is InChI=1S/C25H30FN3O3/c1-17-8-5-6-13-28(17)14-7-12-27-24(30)22-18(2)32-21-11-15-29(25(31)23(21)22)16-19-9-3-4-10-20(19)26/h3-4,9-11,15,17H,5-8,12-14,16H2,1-2H3,(H,27,30)/t17-/m1/s1. The second-order valence-corrected chi connectivity index (χ2v) is 8.60. The molecule has 2 aromatic heterocycles. The molecule has 3 aromatic rings. The lowest BCUT2D eigenvalue weighted by Crippen LogP contribution is -2.39. The molecule has 0 bridgehead atoms. The maximum atomic E-state index is 14.1. The van der Waals surface area contributed by atoms with Gasteiger partial charge < -0.3 is 19.2 Å². The van der Waals surface area contributed by atoms with E-state index in [1.54, 1.807) is 37.4 Å². The van der Waals surface area contributed by atoms with Crippen molar-refractivity contribution >= 4 is 16.9 Å². The van der Waals surface area contributed by atoms with Crippen LogP contribution < -0.4 is 10.9 Å². The summed E-state index contributed by atoms with van der Waals surface area (Å²) in [6.45, 7) is 6.62. The van der Waals surface area contributed by atoms with Crippen LogP contribution in [0.15, 0.2) is 45.7 Å². The van der Waals surface area contributed by atoms with E-state index in [-0.39, 0.29) is 34.8 Å². The molecule has 1 N–H and O–H groups in total. The molecule has 1 aromatic carbocycles. The first kappa shape index (κ1) is 22.3. The van der Waals surface area contributed by atoms with Crippen molar-refractivity contribution in [1.29, 1.82) is 0 Å². The van der Waals surface area contributed by atoms with Crippen molar-refractivity contribution in [3.63, 3.8) is 0 Å². The highest BCUT2D eigenvalue weighted by atomic mass is 19.1. The van der Waals surface area contributed by atoms with Gasteiger partial charge in [0.15, 0.2) is 0 Å². The molecule has 0 spiro atoms. The maximum Gasteiger partial charge on any atom is 0.262 e. The number of pyridine rings is 1. The molecular weight excluding hydrogens is 409 g/mol. The van der Waals surface area contributed by atoms with Gasteiger partial charge in [0.2, 0.25) is 0 Å². The van der Waals surface area contributed by atoms with E-state index < -0.39 is 0 Å². The maximum absolute atomic E-state index is 14.1. The number of aryl methyl sites for hydroxylation is 1. The molecule has 170 valence electrons. The monoisotopic (exact) mass is 439 g/mol. The molecule has 0 radical (unpaired) electrons. The molecule has 1 aliphatic heterocycles. The number of amides is 1. The number of hydrogen-bond donors (Lipinski definition) is 1. The highest BCUT2D eigenvalue weighted by Gasteiger charge is 2.22. The van der Waals surface area contributed by atoms with Gasteiger partial charge in [-0.1, -0.05) is 24.6 Å². The van der Waals surface area contributed by atoms with Crippen LogP contribution in [0.4, 0.5) is 4.39 Å². The number of carbonyl (C=O) groups excluding carboxylic acids is 1. The zero-order chi connectivity index (χ0) is 22.7. The van der Waals surface area contributed by atoms with Crippen LogP contribution in [0.1, 0.15) is 54.3 Å². The van der Waals surface area contributed by atoms with Crippen molar-refractivity contribution in [2.24, 2.45) is 0 Å². The van der Waals surface area contributed by atoms with Crippen LogP contribution in [0, 0.1) is 12.7 Å². The van der Waals surface area contributed by atoms with Gasteiger partial charge in [0.1, 0.15) is 17.2 Å². The summed E-state index contributed by atoms with van der Waals surface area (Å²) in [4.78, 5) is 28.6. The fourth-order valence-electron chi connectivity index (χ4n) is 4.54. The van der Waals surface area contributed by atoms with E-state index in [1.807, 2.05) is 0 Å². The van der Waals surface area contributed by atoms with E-state index in [0.29, 0.717) is 29.5 Å². The van der Waals surface area contributed by atoms with Crippen LogP contribution in [-0.2, 0) is 6.54 Å². The molecule has 7 heteroatoms. The quantitative estimate of drug-likeness (QED) is 0.563. The van der Waals surface area contributed by atoms with Crippen molar-refractivity contribution < 1.29 is 13.6 Å². The van der Waals surface area contributed by atoms with Crippen LogP contribution in [0.5, 0.6) is 0 Å². The van der Waals surface area contributed by atoms with Crippen LogP contribution in [0.2, 0.25) is 0 Å². The van der Waals surface area contributed by atoms with Gasteiger partial charge in [0, 0.05) is 30.9 Å².